The molecule has 2 heterocycles. The van der Waals surface area contributed by atoms with Crippen LogP contribution in [0.2, 0.25) is 0 Å². The molecule has 0 N–H and O–H groups in total. The third-order valence-corrected chi connectivity index (χ3v) is 21.9. The van der Waals surface area contributed by atoms with E-state index < -0.39 is 5.41 Å². The van der Waals surface area contributed by atoms with Gasteiger partial charge in [0.2, 0.25) is 0 Å². The summed E-state index contributed by atoms with van der Waals surface area (Å²) in [7, 11) is 0. The molecule has 11 aromatic carbocycles. The molecule has 0 radical (unpaired) electrons. The summed E-state index contributed by atoms with van der Waals surface area (Å²) in [5.74, 6) is 4.20. The van der Waals surface area contributed by atoms with Gasteiger partial charge in [-0.3, -0.25) is 0 Å². The van der Waals surface area contributed by atoms with Gasteiger partial charge in [0.25, 0.3) is 0 Å². The number of fused-ring (bicyclic) bond motifs is 12. The maximum atomic E-state index is 5.57. The maximum absolute atomic E-state index is 5.57. The first kappa shape index (κ1) is 58.5. The Labute approximate surface area is 566 Å². The van der Waals surface area contributed by atoms with E-state index in [1.165, 1.54) is 104 Å². The lowest BCUT2D eigenvalue weighted by Crippen LogP contribution is -2.39. The van der Waals surface area contributed by atoms with Gasteiger partial charge >= 0.3 is 0 Å². The molecule has 0 fully saturated rings. The number of allylic oxidation sites excluding steroid dienone is 8. The van der Waals surface area contributed by atoms with Gasteiger partial charge in [-0.2, -0.15) is 0 Å². The van der Waals surface area contributed by atoms with E-state index in [1.54, 1.807) is 0 Å². The Hall–Kier alpha value is -11.1. The zero-order chi connectivity index (χ0) is 65.5. The van der Waals surface area contributed by atoms with Crippen LogP contribution in [0.25, 0.3) is 128 Å². The predicted octanol–water partition coefficient (Wildman–Crippen LogP) is 20.5. The monoisotopic (exact) mass is 1250 g/mol. The second kappa shape index (κ2) is 22.0. The number of rotatable bonds is 9. The summed E-state index contributed by atoms with van der Waals surface area (Å²) in [6.07, 6.45) is 18.0. The van der Waals surface area contributed by atoms with Gasteiger partial charge < -0.3 is 0 Å². The van der Waals surface area contributed by atoms with Crippen molar-refractivity contribution >= 4 is 49.0 Å². The van der Waals surface area contributed by atoms with Crippen molar-refractivity contribution in [1.29, 1.82) is 0 Å². The second-order valence-electron chi connectivity index (χ2n) is 29.6. The van der Waals surface area contributed by atoms with E-state index in [2.05, 4.69) is 279 Å². The zero-order valence-corrected chi connectivity index (χ0v) is 55.7. The first-order valence-corrected chi connectivity index (χ1v) is 34.2. The third kappa shape index (κ3) is 9.65. The third-order valence-electron chi connectivity index (χ3n) is 21.9. The summed E-state index contributed by atoms with van der Waals surface area (Å²) >= 11 is 0. The van der Waals surface area contributed by atoms with Crippen molar-refractivity contribution in [1.82, 2.24) is 29.9 Å². The van der Waals surface area contributed by atoms with Gasteiger partial charge in [-0.25, -0.2) is 29.9 Å². The molecule has 0 bridgehead atoms. The van der Waals surface area contributed by atoms with Crippen molar-refractivity contribution in [3.05, 3.63) is 317 Å². The molecule has 0 saturated heterocycles. The predicted molar refractivity (Wildman–Crippen MR) is 400 cm³/mol. The fourth-order valence-electron chi connectivity index (χ4n) is 17.7. The van der Waals surface area contributed by atoms with Crippen LogP contribution in [0.5, 0.6) is 0 Å². The standard InChI is InChI=1S/C91H72N6/c1-88(2)53-89(3,4)80-51-60(39-45-78(80)88)58-36-42-70-71-44-38-62(49-74(71)67-32-20-19-31-66(67)73(70)47-58)86-95-84(57-27-15-10-16-28-57)96-87(97-86)72-33-21-22-34-77(72)91(7)54-90(5,6)79-46-40-61(52-81(79)91)59-35-41-68-64-29-17-18-30-65(64)69-43-37-63(50-76(69)75(68)48-59)85-93-82(55-23-11-8-12-24-55)92-83(94-85)56-25-13-9-14-26-56/h8-52,65,69H,53-54H2,1-7H3. The van der Waals surface area contributed by atoms with Crippen LogP contribution in [0, 0.1) is 11.8 Å². The molecule has 5 aliphatic rings. The molecule has 2 aromatic heterocycles. The number of nitrogens with zero attached hydrogens (tertiary/aromatic N) is 6. The van der Waals surface area contributed by atoms with Crippen molar-refractivity contribution in [3.8, 4) is 79.2 Å². The van der Waals surface area contributed by atoms with Gasteiger partial charge in [-0.1, -0.05) is 291 Å². The molecule has 13 aromatic rings. The lowest BCUT2D eigenvalue weighted by atomic mass is 9.71. The van der Waals surface area contributed by atoms with Crippen LogP contribution in [0.1, 0.15) is 94.9 Å². The van der Waals surface area contributed by atoms with E-state index in [1.807, 2.05) is 42.5 Å². The first-order valence-electron chi connectivity index (χ1n) is 34.2. The van der Waals surface area contributed by atoms with Crippen molar-refractivity contribution < 1.29 is 0 Å². The highest BCUT2D eigenvalue weighted by Crippen LogP contribution is 2.56. The van der Waals surface area contributed by atoms with Crippen molar-refractivity contribution in [2.75, 3.05) is 0 Å². The van der Waals surface area contributed by atoms with E-state index in [4.69, 9.17) is 29.9 Å². The highest BCUT2D eigenvalue weighted by atomic mass is 15.0. The number of hydrogen-bond donors (Lipinski definition) is 0. The molecule has 0 spiro atoms. The summed E-state index contributed by atoms with van der Waals surface area (Å²) in [5, 5.41) is 9.76. The molecule has 18 rings (SSSR count). The van der Waals surface area contributed by atoms with E-state index in [0.29, 0.717) is 34.9 Å². The van der Waals surface area contributed by atoms with Gasteiger partial charge in [0, 0.05) is 50.6 Å². The quantitative estimate of drug-likeness (QED) is 0.134. The minimum atomic E-state index is -0.425. The lowest BCUT2D eigenvalue weighted by Gasteiger charge is -2.32. The molecule has 0 amide bonds. The molecule has 6 heteroatoms. The molecule has 5 aliphatic carbocycles. The highest BCUT2D eigenvalue weighted by molar-refractivity contribution is 6.26. The van der Waals surface area contributed by atoms with Gasteiger partial charge in [0.05, 0.1) is 0 Å². The van der Waals surface area contributed by atoms with Gasteiger partial charge in [0.1, 0.15) is 0 Å². The molecule has 6 nitrogen and oxygen atoms in total. The first-order chi connectivity index (χ1) is 47.1. The van der Waals surface area contributed by atoms with Crippen molar-refractivity contribution in [3.63, 3.8) is 0 Å². The van der Waals surface area contributed by atoms with E-state index in [-0.39, 0.29) is 28.1 Å². The van der Waals surface area contributed by atoms with Crippen LogP contribution < -0.4 is 10.4 Å². The number of hydrogen-bond acceptors (Lipinski definition) is 6. The van der Waals surface area contributed by atoms with Gasteiger partial charge in [-0.05, 0) is 163 Å². The maximum Gasteiger partial charge on any atom is 0.164 e. The molecule has 97 heavy (non-hydrogen) atoms. The molecule has 0 aliphatic heterocycles. The van der Waals surface area contributed by atoms with Crippen LogP contribution in [0.4, 0.5) is 0 Å². The van der Waals surface area contributed by atoms with E-state index in [0.717, 1.165) is 46.2 Å². The lowest BCUT2D eigenvalue weighted by molar-refractivity contribution is 0.403. The zero-order valence-electron chi connectivity index (χ0n) is 55.7. The number of aromatic nitrogens is 6. The smallest absolute Gasteiger partial charge is 0.164 e. The normalized spacial score (nSPS) is 19.0. The Kier molecular flexibility index (Phi) is 13.3. The van der Waals surface area contributed by atoms with Crippen LogP contribution in [-0.4, -0.2) is 29.9 Å². The van der Waals surface area contributed by atoms with Crippen LogP contribution >= 0.6 is 0 Å². The molecule has 3 atom stereocenters. The summed E-state index contributed by atoms with van der Waals surface area (Å²) < 4.78 is 0. The fourth-order valence-corrected chi connectivity index (χ4v) is 17.7. The van der Waals surface area contributed by atoms with E-state index >= 15 is 0 Å². The molecule has 3 unspecified atom stereocenters. The molecular formula is C91H72N6. The van der Waals surface area contributed by atoms with Crippen molar-refractivity contribution in [2.45, 2.75) is 83.0 Å². The summed E-state index contributed by atoms with van der Waals surface area (Å²) in [6.45, 7) is 16.8. The van der Waals surface area contributed by atoms with E-state index in [9.17, 15) is 0 Å². The SMILES string of the molecule is CC1(C)CC(C)(C)c2cc(-c3ccc4c5ccc(-c6nc(-c7ccccc7)nc(-c7ccccc7C7(C)CC(C)(C)c8ccc(-c9ccc%10c(c9)=C9C=C(c%11nc(-c%12ccccc%12)nc(-c%12ccccc%12)n%11)C=CC9C9C=CC=CC=%109)cc87)n6)cc5c5ccccc5c4c3)ccc21. The Morgan fingerprint density at radius 1 is 0.289 bits per heavy atom. The minimum absolute atomic E-state index is 0.117. The summed E-state index contributed by atoms with van der Waals surface area (Å²) in [4.78, 5) is 31.8. The second-order valence-corrected chi connectivity index (χ2v) is 29.6. The van der Waals surface area contributed by atoms with Crippen LogP contribution in [0.15, 0.2) is 273 Å². The van der Waals surface area contributed by atoms with Gasteiger partial charge in [0.15, 0.2) is 34.9 Å². The minimum Gasteiger partial charge on any atom is -0.208 e. The largest absolute Gasteiger partial charge is 0.208 e. The molecule has 0 saturated carbocycles. The average Bonchev–Trinajstić information content (AvgIpc) is 1.69. The van der Waals surface area contributed by atoms with Crippen LogP contribution in [-0.2, 0) is 21.7 Å². The van der Waals surface area contributed by atoms with Crippen molar-refractivity contribution in [2.24, 2.45) is 11.8 Å². The molecular weight excluding hydrogens is 1180 g/mol. The highest BCUT2D eigenvalue weighted by Gasteiger charge is 2.47. The fraction of sp³-hybridized carbons (Fsp3) is 0.165. The van der Waals surface area contributed by atoms with Crippen LogP contribution in [0.3, 0.4) is 0 Å². The number of benzene rings is 11. The Morgan fingerprint density at radius 2 is 0.742 bits per heavy atom. The summed E-state index contributed by atoms with van der Waals surface area (Å²) in [5.41, 5.74) is 19.7. The Morgan fingerprint density at radius 3 is 1.38 bits per heavy atom. The topological polar surface area (TPSA) is 77.3 Å². The summed E-state index contributed by atoms with van der Waals surface area (Å²) in [6, 6.07) is 84.0. The Balaban J connectivity index is 0.748. The Bertz CT molecular complexity index is 5680. The molecule has 466 valence electrons. The average molecular weight is 1250 g/mol. The van der Waals surface area contributed by atoms with Gasteiger partial charge in [-0.15, -0.1) is 0 Å².